The summed E-state index contributed by atoms with van der Waals surface area (Å²) in [6, 6.07) is 0. The summed E-state index contributed by atoms with van der Waals surface area (Å²) in [6.45, 7) is 7.06. The number of rotatable bonds is 12. The van der Waals surface area contributed by atoms with E-state index in [-0.39, 0.29) is 0 Å². The van der Waals surface area contributed by atoms with Crippen LogP contribution in [0.1, 0.15) is 85.0 Å². The number of unbranched alkanes of at least 4 members (excludes halogenated alkanes) is 2. The van der Waals surface area contributed by atoms with Gasteiger partial charge in [0.15, 0.2) is 0 Å². The fourth-order valence-corrected chi connectivity index (χ4v) is 3.19. The van der Waals surface area contributed by atoms with Gasteiger partial charge >= 0.3 is 0 Å². The van der Waals surface area contributed by atoms with Gasteiger partial charge < -0.3 is 0 Å². The summed E-state index contributed by atoms with van der Waals surface area (Å²) >= 11 is 2.49. The average molecular weight is 352 g/mol. The van der Waals surface area contributed by atoms with Crippen LogP contribution < -0.4 is 0 Å². The highest BCUT2D eigenvalue weighted by atomic mass is 127. The molecule has 0 bridgehead atoms. The van der Waals surface area contributed by atoms with E-state index in [0.717, 1.165) is 11.8 Å². The van der Waals surface area contributed by atoms with Gasteiger partial charge in [0.25, 0.3) is 0 Å². The second-order valence-corrected chi connectivity index (χ2v) is 6.50. The van der Waals surface area contributed by atoms with Gasteiger partial charge in [-0.25, -0.2) is 0 Å². The fraction of sp³-hybridized carbons (Fsp3) is 1.00. The van der Waals surface area contributed by atoms with Crippen molar-refractivity contribution < 1.29 is 0 Å². The van der Waals surface area contributed by atoms with Crippen molar-refractivity contribution in [1.29, 1.82) is 0 Å². The van der Waals surface area contributed by atoms with E-state index in [1.165, 1.54) is 68.6 Å². The van der Waals surface area contributed by atoms with Crippen LogP contribution in [0.2, 0.25) is 0 Å². The minimum atomic E-state index is 0.992. The van der Waals surface area contributed by atoms with Crippen LogP contribution in [0.4, 0.5) is 0 Å². The van der Waals surface area contributed by atoms with Gasteiger partial charge in [-0.1, -0.05) is 101 Å². The van der Waals surface area contributed by atoms with E-state index >= 15 is 0 Å². The van der Waals surface area contributed by atoms with Crippen molar-refractivity contribution in [3.63, 3.8) is 0 Å². The van der Waals surface area contributed by atoms with Gasteiger partial charge in [0.1, 0.15) is 0 Å². The Morgan fingerprint density at radius 1 is 0.647 bits per heavy atom. The lowest BCUT2D eigenvalue weighted by atomic mass is 9.89. The Labute approximate surface area is 123 Å². The normalized spacial score (nSPS) is 13.2. The summed E-state index contributed by atoms with van der Waals surface area (Å²) in [5.74, 6) is 2.00. The number of halogens is 1. The molecule has 0 amide bonds. The van der Waals surface area contributed by atoms with E-state index in [1.54, 1.807) is 0 Å². The SMILES string of the molecule is CCC(CC)CCCC(CC)CCCCCI. The molecule has 0 aliphatic heterocycles. The molecular formula is C16H33I. The van der Waals surface area contributed by atoms with Gasteiger partial charge in [0.2, 0.25) is 0 Å². The highest BCUT2D eigenvalue weighted by Gasteiger charge is 2.08. The molecule has 0 radical (unpaired) electrons. The third kappa shape index (κ3) is 10.3. The van der Waals surface area contributed by atoms with Crippen LogP contribution in [0.5, 0.6) is 0 Å². The Morgan fingerprint density at radius 3 is 1.71 bits per heavy atom. The first kappa shape index (κ1) is 17.7. The van der Waals surface area contributed by atoms with E-state index in [9.17, 15) is 0 Å². The molecule has 0 aromatic heterocycles. The summed E-state index contributed by atoms with van der Waals surface area (Å²) in [7, 11) is 0. The smallest absolute Gasteiger partial charge is 0.000473 e. The standard InChI is InChI=1S/C16H33I/c1-4-15(5-2)12-10-13-16(6-3)11-8-7-9-14-17/h15-16H,4-14H2,1-3H3. The Bertz CT molecular complexity index is 140. The van der Waals surface area contributed by atoms with Crippen molar-refractivity contribution in [3.8, 4) is 0 Å². The molecule has 0 saturated heterocycles. The van der Waals surface area contributed by atoms with Crippen LogP contribution in [-0.4, -0.2) is 4.43 Å². The topological polar surface area (TPSA) is 0 Å². The monoisotopic (exact) mass is 352 g/mol. The fourth-order valence-electron chi connectivity index (χ4n) is 2.65. The van der Waals surface area contributed by atoms with Gasteiger partial charge in [0, 0.05) is 0 Å². The molecule has 0 N–H and O–H groups in total. The molecule has 1 heteroatoms. The van der Waals surface area contributed by atoms with E-state index < -0.39 is 0 Å². The van der Waals surface area contributed by atoms with E-state index in [2.05, 4.69) is 43.4 Å². The van der Waals surface area contributed by atoms with Crippen LogP contribution >= 0.6 is 22.6 Å². The lowest BCUT2D eigenvalue weighted by Crippen LogP contribution is -2.02. The summed E-state index contributed by atoms with van der Waals surface area (Å²) in [5.41, 5.74) is 0. The number of alkyl halides is 1. The largest absolute Gasteiger partial charge is 0.0864 e. The molecule has 0 heterocycles. The lowest BCUT2D eigenvalue weighted by molar-refractivity contribution is 0.364. The minimum Gasteiger partial charge on any atom is -0.0864 e. The molecule has 0 saturated carbocycles. The molecular weight excluding hydrogens is 319 g/mol. The highest BCUT2D eigenvalue weighted by Crippen LogP contribution is 2.23. The van der Waals surface area contributed by atoms with Crippen LogP contribution in [0.15, 0.2) is 0 Å². The lowest BCUT2D eigenvalue weighted by Gasteiger charge is -2.17. The maximum atomic E-state index is 2.49. The number of hydrogen-bond acceptors (Lipinski definition) is 0. The molecule has 0 spiro atoms. The number of hydrogen-bond donors (Lipinski definition) is 0. The maximum absolute atomic E-state index is 2.49. The molecule has 17 heavy (non-hydrogen) atoms. The zero-order chi connectivity index (χ0) is 12.9. The van der Waals surface area contributed by atoms with Crippen molar-refractivity contribution >= 4 is 22.6 Å². The second-order valence-electron chi connectivity index (χ2n) is 5.43. The van der Waals surface area contributed by atoms with Gasteiger partial charge in [-0.15, -0.1) is 0 Å². The first-order valence-electron chi connectivity index (χ1n) is 7.84. The molecule has 0 aromatic carbocycles. The molecule has 0 nitrogen and oxygen atoms in total. The van der Waals surface area contributed by atoms with Crippen LogP contribution in [0, 0.1) is 11.8 Å². The van der Waals surface area contributed by atoms with Gasteiger partial charge in [-0.05, 0) is 22.7 Å². The molecule has 1 unspecified atom stereocenters. The van der Waals surface area contributed by atoms with Crippen molar-refractivity contribution in [2.75, 3.05) is 4.43 Å². The summed E-state index contributed by atoms with van der Waals surface area (Å²) in [5, 5.41) is 0. The highest BCUT2D eigenvalue weighted by molar-refractivity contribution is 14.1. The Morgan fingerprint density at radius 2 is 1.18 bits per heavy atom. The molecule has 0 rings (SSSR count). The third-order valence-corrected chi connectivity index (χ3v) is 4.97. The van der Waals surface area contributed by atoms with Crippen molar-refractivity contribution in [2.24, 2.45) is 11.8 Å². The third-order valence-electron chi connectivity index (χ3n) is 4.20. The Hall–Kier alpha value is 0.730. The van der Waals surface area contributed by atoms with E-state index in [1.807, 2.05) is 0 Å². The summed E-state index contributed by atoms with van der Waals surface area (Å²) in [6.07, 6.45) is 14.4. The van der Waals surface area contributed by atoms with Crippen LogP contribution in [0.3, 0.4) is 0 Å². The van der Waals surface area contributed by atoms with Crippen LogP contribution in [0.25, 0.3) is 0 Å². The Kier molecular flexibility index (Phi) is 13.7. The molecule has 104 valence electrons. The molecule has 0 aliphatic carbocycles. The van der Waals surface area contributed by atoms with E-state index in [4.69, 9.17) is 0 Å². The van der Waals surface area contributed by atoms with Gasteiger partial charge in [-0.2, -0.15) is 0 Å². The van der Waals surface area contributed by atoms with Crippen molar-refractivity contribution in [3.05, 3.63) is 0 Å². The quantitative estimate of drug-likeness (QED) is 0.210. The van der Waals surface area contributed by atoms with Gasteiger partial charge in [0.05, 0.1) is 0 Å². The van der Waals surface area contributed by atoms with Gasteiger partial charge in [-0.3, -0.25) is 0 Å². The molecule has 0 aliphatic rings. The van der Waals surface area contributed by atoms with E-state index in [0.29, 0.717) is 0 Å². The predicted molar refractivity (Wildman–Crippen MR) is 89.1 cm³/mol. The molecule has 1 atom stereocenters. The first-order chi connectivity index (χ1) is 8.28. The average Bonchev–Trinajstić information content (AvgIpc) is 2.37. The zero-order valence-corrected chi connectivity index (χ0v) is 14.5. The molecule has 0 fully saturated rings. The zero-order valence-electron chi connectivity index (χ0n) is 12.3. The van der Waals surface area contributed by atoms with Crippen LogP contribution in [-0.2, 0) is 0 Å². The predicted octanol–water partition coefficient (Wildman–Crippen LogP) is 6.61. The van der Waals surface area contributed by atoms with Crippen molar-refractivity contribution in [2.45, 2.75) is 85.0 Å². The maximum Gasteiger partial charge on any atom is -0.000473 e. The van der Waals surface area contributed by atoms with Crippen molar-refractivity contribution in [1.82, 2.24) is 0 Å². The second kappa shape index (κ2) is 13.2. The Balaban J connectivity index is 3.53. The first-order valence-corrected chi connectivity index (χ1v) is 9.36. The summed E-state index contributed by atoms with van der Waals surface area (Å²) < 4.78 is 1.34. The minimum absolute atomic E-state index is 0.992. The molecule has 0 aromatic rings. The summed E-state index contributed by atoms with van der Waals surface area (Å²) in [4.78, 5) is 0.